The third kappa shape index (κ3) is 2.50. The molecule has 3 rings (SSSR count). The van der Waals surface area contributed by atoms with Crippen LogP contribution >= 0.6 is 10.7 Å². The predicted molar refractivity (Wildman–Crippen MR) is 70.6 cm³/mol. The quantitative estimate of drug-likeness (QED) is 0.860. The molecule has 1 aliphatic rings. The Bertz CT molecular complexity index is 711. The van der Waals surface area contributed by atoms with Crippen molar-refractivity contribution >= 4 is 19.7 Å². The van der Waals surface area contributed by atoms with Crippen LogP contribution < -0.4 is 0 Å². The van der Waals surface area contributed by atoms with E-state index in [1.54, 1.807) is 0 Å². The van der Waals surface area contributed by atoms with Crippen LogP contribution in [0.2, 0.25) is 0 Å². The van der Waals surface area contributed by atoms with Crippen molar-refractivity contribution in [2.45, 2.75) is 30.3 Å². The summed E-state index contributed by atoms with van der Waals surface area (Å²) >= 11 is 0. The predicted octanol–water partition coefficient (Wildman–Crippen LogP) is 2.00. The second-order valence-corrected chi connectivity index (χ2v) is 7.11. The van der Waals surface area contributed by atoms with E-state index >= 15 is 0 Å². The Kier molecular flexibility index (Phi) is 3.06. The average molecular weight is 298 g/mol. The van der Waals surface area contributed by atoms with Crippen LogP contribution in [-0.2, 0) is 21.9 Å². The van der Waals surface area contributed by atoms with E-state index in [1.807, 2.05) is 12.1 Å². The van der Waals surface area contributed by atoms with E-state index in [-0.39, 0.29) is 11.1 Å². The average Bonchev–Trinajstić information content (AvgIpc) is 2.87. The number of H-pyrrole nitrogens is 1. The van der Waals surface area contributed by atoms with E-state index in [2.05, 4.69) is 27.3 Å². The van der Waals surface area contributed by atoms with Gasteiger partial charge in [0.2, 0.25) is 0 Å². The van der Waals surface area contributed by atoms with Gasteiger partial charge in [0.05, 0.1) is 0 Å². The van der Waals surface area contributed by atoms with Gasteiger partial charge >= 0.3 is 0 Å². The van der Waals surface area contributed by atoms with Crippen molar-refractivity contribution < 1.29 is 8.42 Å². The molecule has 19 heavy (non-hydrogen) atoms. The van der Waals surface area contributed by atoms with Crippen molar-refractivity contribution in [2.75, 3.05) is 0 Å². The number of hydrogen-bond donors (Lipinski definition) is 1. The summed E-state index contributed by atoms with van der Waals surface area (Å²) in [5, 5.41) is 6.01. The van der Waals surface area contributed by atoms with Gasteiger partial charge in [-0.25, -0.2) is 13.4 Å². The molecule has 7 heteroatoms. The third-order valence-corrected chi connectivity index (χ3v) is 4.47. The van der Waals surface area contributed by atoms with Gasteiger partial charge in [-0.15, -0.1) is 5.10 Å². The second kappa shape index (κ2) is 4.61. The molecule has 1 aromatic carbocycles. The number of hydrogen-bond acceptors (Lipinski definition) is 4. The van der Waals surface area contributed by atoms with E-state index < -0.39 is 9.05 Å². The molecule has 0 spiro atoms. The first-order valence-electron chi connectivity index (χ1n) is 5.98. The lowest BCUT2D eigenvalue weighted by Crippen LogP contribution is -2.13. The SMILES string of the molecule is O=S(=O)(Cl)c1n[nH]c(C2CCc3ccccc3C2)n1. The molecule has 0 fully saturated rings. The van der Waals surface area contributed by atoms with Crippen LogP contribution in [0, 0.1) is 0 Å². The largest absolute Gasteiger partial charge is 0.298 e. The van der Waals surface area contributed by atoms with E-state index in [0.29, 0.717) is 5.82 Å². The Morgan fingerprint density at radius 3 is 2.68 bits per heavy atom. The molecule has 0 radical (unpaired) electrons. The van der Waals surface area contributed by atoms with Gasteiger partial charge in [0.1, 0.15) is 5.82 Å². The lowest BCUT2D eigenvalue weighted by molar-refractivity contribution is 0.556. The van der Waals surface area contributed by atoms with Gasteiger partial charge in [0.15, 0.2) is 0 Å². The van der Waals surface area contributed by atoms with Crippen molar-refractivity contribution in [1.82, 2.24) is 15.2 Å². The first kappa shape index (κ1) is 12.6. The topological polar surface area (TPSA) is 75.7 Å². The second-order valence-electron chi connectivity index (χ2n) is 4.65. The molecule has 1 aromatic heterocycles. The fourth-order valence-corrected chi connectivity index (χ4v) is 3.05. The highest BCUT2D eigenvalue weighted by Crippen LogP contribution is 2.31. The number of halogens is 1. The Morgan fingerprint density at radius 1 is 1.26 bits per heavy atom. The number of aromatic amines is 1. The summed E-state index contributed by atoms with van der Waals surface area (Å²) in [6, 6.07) is 8.26. The molecule has 2 aromatic rings. The minimum atomic E-state index is -3.86. The van der Waals surface area contributed by atoms with Crippen LogP contribution in [0.5, 0.6) is 0 Å². The summed E-state index contributed by atoms with van der Waals surface area (Å²) in [5.74, 6) is 0.753. The number of aryl methyl sites for hydroxylation is 1. The van der Waals surface area contributed by atoms with Gasteiger partial charge < -0.3 is 0 Å². The van der Waals surface area contributed by atoms with Crippen molar-refractivity contribution in [3.63, 3.8) is 0 Å². The molecule has 1 unspecified atom stereocenters. The van der Waals surface area contributed by atoms with Crippen LogP contribution in [0.15, 0.2) is 29.4 Å². The zero-order valence-electron chi connectivity index (χ0n) is 10.0. The number of benzene rings is 1. The van der Waals surface area contributed by atoms with Crippen LogP contribution in [0.25, 0.3) is 0 Å². The van der Waals surface area contributed by atoms with Crippen LogP contribution in [0.3, 0.4) is 0 Å². The summed E-state index contributed by atoms with van der Waals surface area (Å²) in [6.45, 7) is 0. The van der Waals surface area contributed by atoms with Crippen molar-refractivity contribution in [2.24, 2.45) is 0 Å². The Labute approximate surface area is 115 Å². The molecule has 0 bridgehead atoms. The summed E-state index contributed by atoms with van der Waals surface area (Å²) in [5.41, 5.74) is 2.63. The molecule has 5 nitrogen and oxygen atoms in total. The Balaban J connectivity index is 1.87. The lowest BCUT2D eigenvalue weighted by atomic mass is 9.83. The molecule has 100 valence electrons. The fraction of sp³-hybridized carbons (Fsp3) is 0.333. The zero-order chi connectivity index (χ0) is 13.5. The summed E-state index contributed by atoms with van der Waals surface area (Å²) in [4.78, 5) is 3.99. The molecular formula is C12H12ClN3O2S. The van der Waals surface area contributed by atoms with Gasteiger partial charge in [-0.05, 0) is 30.4 Å². The molecule has 0 aliphatic heterocycles. The van der Waals surface area contributed by atoms with Crippen molar-refractivity contribution in [1.29, 1.82) is 0 Å². The highest BCUT2D eigenvalue weighted by Gasteiger charge is 2.25. The molecule has 1 N–H and O–H groups in total. The Morgan fingerprint density at radius 2 is 2.00 bits per heavy atom. The van der Waals surface area contributed by atoms with E-state index in [0.717, 1.165) is 19.3 Å². The molecule has 0 saturated heterocycles. The molecule has 0 saturated carbocycles. The smallest absolute Gasteiger partial charge is 0.262 e. The molecule has 0 amide bonds. The maximum atomic E-state index is 11.1. The van der Waals surface area contributed by atoms with Crippen LogP contribution in [-0.4, -0.2) is 23.6 Å². The first-order chi connectivity index (χ1) is 9.04. The normalized spacial score (nSPS) is 19.1. The number of nitrogens with one attached hydrogen (secondary N) is 1. The summed E-state index contributed by atoms with van der Waals surface area (Å²) < 4.78 is 22.3. The van der Waals surface area contributed by atoms with E-state index in [1.165, 1.54) is 11.1 Å². The van der Waals surface area contributed by atoms with Crippen LogP contribution in [0.1, 0.15) is 29.3 Å². The van der Waals surface area contributed by atoms with Gasteiger partial charge in [-0.1, -0.05) is 24.3 Å². The van der Waals surface area contributed by atoms with E-state index in [9.17, 15) is 8.42 Å². The molecule has 1 aliphatic carbocycles. The van der Waals surface area contributed by atoms with Crippen molar-refractivity contribution in [3.05, 3.63) is 41.2 Å². The van der Waals surface area contributed by atoms with Gasteiger partial charge in [-0.3, -0.25) is 5.10 Å². The number of rotatable bonds is 2. The lowest BCUT2D eigenvalue weighted by Gasteiger charge is -2.22. The molecule has 1 heterocycles. The minimum absolute atomic E-state index is 0.162. The summed E-state index contributed by atoms with van der Waals surface area (Å²) in [6.07, 6.45) is 2.73. The van der Waals surface area contributed by atoms with E-state index in [4.69, 9.17) is 10.7 Å². The standard InChI is InChI=1S/C12H12ClN3O2S/c13-19(17,18)12-14-11(15-16-12)10-6-5-8-3-1-2-4-9(8)7-10/h1-4,10H,5-7H2,(H,14,15,16). The van der Waals surface area contributed by atoms with Crippen molar-refractivity contribution in [3.8, 4) is 0 Å². The third-order valence-electron chi connectivity index (χ3n) is 3.43. The fourth-order valence-electron chi connectivity index (χ4n) is 2.48. The minimum Gasteiger partial charge on any atom is -0.262 e. The summed E-state index contributed by atoms with van der Waals surface area (Å²) in [7, 11) is 1.36. The Hall–Kier alpha value is -1.40. The molecule has 1 atom stereocenters. The zero-order valence-corrected chi connectivity index (χ0v) is 11.6. The monoisotopic (exact) mass is 297 g/mol. The van der Waals surface area contributed by atoms with Crippen LogP contribution in [0.4, 0.5) is 0 Å². The number of nitrogens with zero attached hydrogens (tertiary/aromatic N) is 2. The maximum absolute atomic E-state index is 11.1. The number of fused-ring (bicyclic) bond motifs is 1. The maximum Gasteiger partial charge on any atom is 0.298 e. The molecular weight excluding hydrogens is 286 g/mol. The highest BCUT2D eigenvalue weighted by atomic mass is 35.7. The first-order valence-corrected chi connectivity index (χ1v) is 8.29. The van der Waals surface area contributed by atoms with Gasteiger partial charge in [-0.2, -0.15) is 0 Å². The highest BCUT2D eigenvalue weighted by molar-refractivity contribution is 8.13. The number of aromatic nitrogens is 3. The van der Waals surface area contributed by atoms with Gasteiger partial charge in [0.25, 0.3) is 14.2 Å². The van der Waals surface area contributed by atoms with Gasteiger partial charge in [0, 0.05) is 16.6 Å².